The van der Waals surface area contributed by atoms with Gasteiger partial charge in [0.05, 0.1) is 0 Å². The molecule has 0 aromatic rings. The summed E-state index contributed by atoms with van der Waals surface area (Å²) in [7, 11) is 0. The molecule has 0 aromatic carbocycles. The fourth-order valence-corrected chi connectivity index (χ4v) is 7.37. The van der Waals surface area contributed by atoms with Gasteiger partial charge in [-0.25, -0.2) is 0 Å². The van der Waals surface area contributed by atoms with Gasteiger partial charge < -0.3 is 14.2 Å². The quantitative estimate of drug-likeness (QED) is 0.0261. The zero-order chi connectivity index (χ0) is 54.3. The van der Waals surface area contributed by atoms with E-state index in [1.165, 1.54) is 12.8 Å². The fourth-order valence-electron chi connectivity index (χ4n) is 7.37. The van der Waals surface area contributed by atoms with Crippen molar-refractivity contribution >= 4 is 17.9 Å². The maximum absolute atomic E-state index is 12.9. The highest BCUT2D eigenvalue weighted by molar-refractivity contribution is 5.71. The van der Waals surface area contributed by atoms with Crippen LogP contribution in [0, 0.1) is 0 Å². The van der Waals surface area contributed by atoms with Crippen molar-refractivity contribution in [1.29, 1.82) is 0 Å². The minimum atomic E-state index is -0.827. The molecule has 0 bridgehead atoms. The Kier molecular flexibility index (Phi) is 57.0. The second kappa shape index (κ2) is 61.3. The summed E-state index contributed by atoms with van der Waals surface area (Å²) in [5.41, 5.74) is 0. The van der Waals surface area contributed by atoms with Gasteiger partial charge in [-0.05, 0) is 148 Å². The van der Waals surface area contributed by atoms with Crippen LogP contribution in [-0.2, 0) is 28.6 Å². The Morgan fingerprint density at radius 1 is 0.267 bits per heavy atom. The van der Waals surface area contributed by atoms with Gasteiger partial charge in [0.25, 0.3) is 0 Å². The second-order valence-corrected chi connectivity index (χ2v) is 18.8. The molecule has 0 saturated heterocycles. The predicted molar refractivity (Wildman–Crippen MR) is 325 cm³/mol. The Morgan fingerprint density at radius 2 is 0.480 bits per heavy atom. The maximum atomic E-state index is 12.9. The van der Waals surface area contributed by atoms with E-state index in [1.807, 2.05) is 0 Å². The van der Waals surface area contributed by atoms with Gasteiger partial charge in [0, 0.05) is 19.3 Å². The summed E-state index contributed by atoms with van der Waals surface area (Å²) in [6.07, 6.45) is 90.5. The normalized spacial score (nSPS) is 13.4. The molecular weight excluding hydrogens is 925 g/mol. The summed E-state index contributed by atoms with van der Waals surface area (Å²) in [6, 6.07) is 0. The number of ether oxygens (including phenoxy) is 3. The van der Waals surface area contributed by atoms with Gasteiger partial charge in [0.15, 0.2) is 6.10 Å². The zero-order valence-corrected chi connectivity index (χ0v) is 47.7. The number of hydrogen-bond acceptors (Lipinski definition) is 6. The molecule has 1 atom stereocenters. The third-order valence-corrected chi connectivity index (χ3v) is 11.7. The summed E-state index contributed by atoms with van der Waals surface area (Å²) in [4.78, 5) is 38.3. The molecule has 0 aromatic heterocycles. The Hall–Kier alpha value is -5.23. The lowest BCUT2D eigenvalue weighted by Gasteiger charge is -2.18. The first kappa shape index (κ1) is 69.8. The van der Waals surface area contributed by atoms with Gasteiger partial charge in [-0.2, -0.15) is 0 Å². The summed E-state index contributed by atoms with van der Waals surface area (Å²) < 4.78 is 16.8. The number of carbonyl (C=O) groups is 3. The molecule has 1 unspecified atom stereocenters. The van der Waals surface area contributed by atoms with Crippen LogP contribution in [0.25, 0.3) is 0 Å². The number of allylic oxidation sites excluding steroid dienone is 28. The largest absolute Gasteiger partial charge is 0.462 e. The van der Waals surface area contributed by atoms with Crippen LogP contribution in [0.5, 0.6) is 0 Å². The van der Waals surface area contributed by atoms with E-state index in [0.717, 1.165) is 167 Å². The van der Waals surface area contributed by atoms with E-state index in [4.69, 9.17) is 14.2 Å². The smallest absolute Gasteiger partial charge is 0.306 e. The molecular formula is C69H106O6. The first-order chi connectivity index (χ1) is 37.0. The van der Waals surface area contributed by atoms with Crippen LogP contribution in [0.4, 0.5) is 0 Å². The summed E-state index contributed by atoms with van der Waals surface area (Å²) >= 11 is 0. The van der Waals surface area contributed by atoms with Crippen LogP contribution in [0.2, 0.25) is 0 Å². The second-order valence-electron chi connectivity index (χ2n) is 18.8. The van der Waals surface area contributed by atoms with Crippen molar-refractivity contribution in [2.45, 2.75) is 232 Å². The van der Waals surface area contributed by atoms with E-state index >= 15 is 0 Å². The molecule has 0 rings (SSSR count). The number of rotatable bonds is 51. The molecule has 0 amide bonds. The number of esters is 3. The Labute approximate surface area is 460 Å². The molecule has 6 nitrogen and oxygen atoms in total. The van der Waals surface area contributed by atoms with E-state index in [-0.39, 0.29) is 37.5 Å². The third-order valence-electron chi connectivity index (χ3n) is 11.7. The topological polar surface area (TPSA) is 78.9 Å². The molecule has 0 radical (unpaired) electrons. The standard InChI is InChI=1S/C69H106O6/c1-4-7-10-13-16-19-22-25-28-31-34-37-40-43-46-49-52-55-58-61-67(70)73-64-66(75-69(72)63-60-57-54-51-48-45-42-39-36-33-30-27-24-21-18-15-12-9-6-3)65-74-68(71)62-59-56-53-50-47-44-41-38-35-32-29-26-23-20-17-14-11-8-5-2/h7-12,16-21,25-30,34-39,43,45-46,48,66H,4-6,13-15,22-24,31-33,40-42,44,47,49-65H2,1-3H3/b10-7-,11-8-,12-9-,19-16-,20-17-,21-18-,28-25-,29-26-,30-27-,37-34-,38-35-,39-36-,46-43-,48-45-. The van der Waals surface area contributed by atoms with Gasteiger partial charge in [-0.1, -0.05) is 229 Å². The first-order valence-corrected chi connectivity index (χ1v) is 29.6. The van der Waals surface area contributed by atoms with E-state index in [0.29, 0.717) is 19.3 Å². The van der Waals surface area contributed by atoms with Crippen molar-refractivity contribution in [1.82, 2.24) is 0 Å². The van der Waals surface area contributed by atoms with Gasteiger partial charge in [0.2, 0.25) is 0 Å². The lowest BCUT2D eigenvalue weighted by Crippen LogP contribution is -2.30. The van der Waals surface area contributed by atoms with Crippen molar-refractivity contribution < 1.29 is 28.6 Å². The highest BCUT2D eigenvalue weighted by Gasteiger charge is 2.19. The lowest BCUT2D eigenvalue weighted by atomic mass is 10.1. The maximum Gasteiger partial charge on any atom is 0.306 e. The van der Waals surface area contributed by atoms with Crippen molar-refractivity contribution in [3.8, 4) is 0 Å². The molecule has 6 heteroatoms. The fraction of sp³-hybridized carbons (Fsp3) is 0.551. The molecule has 0 N–H and O–H groups in total. The minimum Gasteiger partial charge on any atom is -0.462 e. The number of carbonyl (C=O) groups excluding carboxylic acids is 3. The van der Waals surface area contributed by atoms with Crippen LogP contribution >= 0.6 is 0 Å². The molecule has 0 spiro atoms. The van der Waals surface area contributed by atoms with Crippen LogP contribution < -0.4 is 0 Å². The summed E-state index contributed by atoms with van der Waals surface area (Å²) in [5.74, 6) is -1.01. The Balaban J connectivity index is 4.58. The molecule has 0 heterocycles. The highest BCUT2D eigenvalue weighted by atomic mass is 16.6. The van der Waals surface area contributed by atoms with E-state index < -0.39 is 6.10 Å². The van der Waals surface area contributed by atoms with Gasteiger partial charge in [-0.15, -0.1) is 0 Å². The first-order valence-electron chi connectivity index (χ1n) is 29.6. The van der Waals surface area contributed by atoms with Crippen LogP contribution in [0.15, 0.2) is 170 Å². The minimum absolute atomic E-state index is 0.119. The molecule has 418 valence electrons. The van der Waals surface area contributed by atoms with E-state index in [2.05, 4.69) is 191 Å². The Morgan fingerprint density at radius 3 is 0.760 bits per heavy atom. The van der Waals surface area contributed by atoms with Crippen molar-refractivity contribution in [2.24, 2.45) is 0 Å². The summed E-state index contributed by atoms with van der Waals surface area (Å²) in [5, 5.41) is 0. The molecule has 0 aliphatic heterocycles. The third kappa shape index (κ3) is 59.5. The van der Waals surface area contributed by atoms with Gasteiger partial charge >= 0.3 is 17.9 Å². The lowest BCUT2D eigenvalue weighted by molar-refractivity contribution is -0.167. The van der Waals surface area contributed by atoms with Crippen LogP contribution in [0.1, 0.15) is 226 Å². The predicted octanol–water partition coefficient (Wildman–Crippen LogP) is 20.3. The number of unbranched alkanes of at least 4 members (excludes halogenated alkanes) is 12. The Bertz CT molecular complexity index is 1750. The zero-order valence-electron chi connectivity index (χ0n) is 47.7. The van der Waals surface area contributed by atoms with Gasteiger partial charge in [-0.3, -0.25) is 14.4 Å². The van der Waals surface area contributed by atoms with Crippen molar-refractivity contribution in [2.75, 3.05) is 13.2 Å². The molecule has 0 aliphatic carbocycles. The average Bonchev–Trinajstić information content (AvgIpc) is 3.41. The van der Waals surface area contributed by atoms with Crippen molar-refractivity contribution in [3.05, 3.63) is 170 Å². The monoisotopic (exact) mass is 1030 g/mol. The highest BCUT2D eigenvalue weighted by Crippen LogP contribution is 2.13. The molecule has 0 saturated carbocycles. The molecule has 0 fully saturated rings. The SMILES string of the molecule is CC/C=C\C/C=C\C/C=C\C/C=C\C/C=C\CCCCCC(=O)OCC(COC(=O)CCCCCCCC/C=C\C/C=C\C/C=C\C/C=C\CC)OC(=O)CCCCC/C=C\C/C=C\C/C=C\C/C=C\C/C=C\CC. The van der Waals surface area contributed by atoms with Crippen LogP contribution in [0.3, 0.4) is 0 Å². The van der Waals surface area contributed by atoms with Crippen LogP contribution in [-0.4, -0.2) is 37.2 Å². The van der Waals surface area contributed by atoms with E-state index in [1.54, 1.807) is 0 Å². The van der Waals surface area contributed by atoms with E-state index in [9.17, 15) is 14.4 Å². The van der Waals surface area contributed by atoms with Gasteiger partial charge in [0.1, 0.15) is 13.2 Å². The van der Waals surface area contributed by atoms with Crippen molar-refractivity contribution in [3.63, 3.8) is 0 Å². The average molecular weight is 1030 g/mol. The molecule has 0 aliphatic rings. The summed E-state index contributed by atoms with van der Waals surface area (Å²) in [6.45, 7) is 6.22. The molecule has 75 heavy (non-hydrogen) atoms. The number of hydrogen-bond donors (Lipinski definition) is 0.